The molecule has 17 heavy (non-hydrogen) atoms. The molecule has 1 aliphatic heterocycles. The molecule has 1 unspecified atom stereocenters. The van der Waals surface area contributed by atoms with E-state index in [2.05, 4.69) is 21.3 Å². The molecule has 0 radical (unpaired) electrons. The highest BCUT2D eigenvalue weighted by molar-refractivity contribution is 5.58. The van der Waals surface area contributed by atoms with Crippen LogP contribution in [0.25, 0.3) is 0 Å². The predicted molar refractivity (Wildman–Crippen MR) is 69.8 cm³/mol. The van der Waals surface area contributed by atoms with Gasteiger partial charge in [-0.2, -0.15) is 0 Å². The Morgan fingerprint density at radius 1 is 1.53 bits per heavy atom. The van der Waals surface area contributed by atoms with Gasteiger partial charge in [-0.15, -0.1) is 0 Å². The maximum atomic E-state index is 5.40. The van der Waals surface area contributed by atoms with Crippen LogP contribution >= 0.6 is 0 Å². The molecular formula is C13H21N3O. The van der Waals surface area contributed by atoms with Crippen molar-refractivity contribution in [2.45, 2.75) is 25.8 Å². The summed E-state index contributed by atoms with van der Waals surface area (Å²) in [4.78, 5) is 6.66. The highest BCUT2D eigenvalue weighted by atomic mass is 16.5. The Hall–Kier alpha value is -1.29. The summed E-state index contributed by atoms with van der Waals surface area (Å²) >= 11 is 0. The number of aryl methyl sites for hydroxylation is 1. The summed E-state index contributed by atoms with van der Waals surface area (Å²) in [6, 6.07) is 2.68. The number of aromatic nitrogens is 1. The van der Waals surface area contributed by atoms with Gasteiger partial charge in [-0.25, -0.2) is 0 Å². The summed E-state index contributed by atoms with van der Waals surface area (Å²) in [5.41, 5.74) is 2.20. The molecule has 0 amide bonds. The van der Waals surface area contributed by atoms with Crippen LogP contribution in [0.3, 0.4) is 0 Å². The Morgan fingerprint density at radius 2 is 2.35 bits per heavy atom. The summed E-state index contributed by atoms with van der Waals surface area (Å²) in [5.74, 6) is 0.868. The molecule has 0 aliphatic carbocycles. The molecule has 0 saturated carbocycles. The molecule has 1 fully saturated rings. The minimum absolute atomic E-state index is 0.571. The Balaban J connectivity index is 2.22. The molecule has 94 valence electrons. The average molecular weight is 235 g/mol. The van der Waals surface area contributed by atoms with Crippen molar-refractivity contribution in [3.8, 4) is 5.75 Å². The number of hydrogen-bond donors (Lipinski definition) is 1. The second-order valence-electron chi connectivity index (χ2n) is 4.57. The summed E-state index contributed by atoms with van der Waals surface area (Å²) in [5, 5.41) is 3.36. The van der Waals surface area contributed by atoms with Gasteiger partial charge in [0.05, 0.1) is 19.0 Å². The monoisotopic (exact) mass is 235 g/mol. The van der Waals surface area contributed by atoms with Crippen molar-refractivity contribution in [3.63, 3.8) is 0 Å². The molecule has 4 nitrogen and oxygen atoms in total. The number of nitrogens with zero attached hydrogens (tertiary/aromatic N) is 2. The van der Waals surface area contributed by atoms with Crippen LogP contribution in [0.2, 0.25) is 0 Å². The zero-order chi connectivity index (χ0) is 12.3. The maximum absolute atomic E-state index is 5.40. The van der Waals surface area contributed by atoms with E-state index in [4.69, 9.17) is 4.74 Å². The molecule has 0 spiro atoms. The summed E-state index contributed by atoms with van der Waals surface area (Å²) in [6.45, 7) is 4.15. The van der Waals surface area contributed by atoms with Gasteiger partial charge in [0.1, 0.15) is 0 Å². The third kappa shape index (κ3) is 2.69. The largest absolute Gasteiger partial charge is 0.493 e. The molecule has 0 aromatic carbocycles. The van der Waals surface area contributed by atoms with E-state index in [-0.39, 0.29) is 0 Å². The quantitative estimate of drug-likeness (QED) is 0.863. The first kappa shape index (κ1) is 12.2. The van der Waals surface area contributed by atoms with Gasteiger partial charge in [0.2, 0.25) is 0 Å². The van der Waals surface area contributed by atoms with Gasteiger partial charge in [-0.3, -0.25) is 4.98 Å². The Kier molecular flexibility index (Phi) is 3.84. The van der Waals surface area contributed by atoms with Crippen LogP contribution in [0.5, 0.6) is 5.75 Å². The van der Waals surface area contributed by atoms with Crippen LogP contribution in [-0.4, -0.2) is 38.3 Å². The summed E-state index contributed by atoms with van der Waals surface area (Å²) < 4.78 is 5.40. The van der Waals surface area contributed by atoms with Gasteiger partial charge >= 0.3 is 0 Å². The number of likely N-dealkylation sites (N-methyl/N-ethyl adjacent to an activating group) is 1. The van der Waals surface area contributed by atoms with E-state index in [0.29, 0.717) is 6.04 Å². The minimum atomic E-state index is 0.571. The number of methoxy groups -OCH3 is 1. The zero-order valence-electron chi connectivity index (χ0n) is 10.9. The highest BCUT2D eigenvalue weighted by Crippen LogP contribution is 2.30. The number of ether oxygens (including phenoxy) is 1. The molecule has 1 N–H and O–H groups in total. The molecule has 0 bridgehead atoms. The first-order valence-corrected chi connectivity index (χ1v) is 6.17. The minimum Gasteiger partial charge on any atom is -0.493 e. The van der Waals surface area contributed by atoms with Crippen LogP contribution in [0.1, 0.15) is 18.5 Å². The second-order valence-corrected chi connectivity index (χ2v) is 4.57. The molecular weight excluding hydrogens is 214 g/mol. The van der Waals surface area contributed by atoms with Gasteiger partial charge in [0, 0.05) is 24.8 Å². The van der Waals surface area contributed by atoms with Gasteiger partial charge < -0.3 is 15.0 Å². The second kappa shape index (κ2) is 5.36. The fraction of sp³-hybridized carbons (Fsp3) is 0.615. The molecule has 1 atom stereocenters. The first-order chi connectivity index (χ1) is 8.24. The number of rotatable bonds is 3. The predicted octanol–water partition coefficient (Wildman–Crippen LogP) is 1.59. The van der Waals surface area contributed by atoms with E-state index < -0.39 is 0 Å². The lowest BCUT2D eigenvalue weighted by molar-refractivity contribution is 0.404. The van der Waals surface area contributed by atoms with Crippen molar-refractivity contribution >= 4 is 5.69 Å². The van der Waals surface area contributed by atoms with Crippen molar-refractivity contribution in [3.05, 3.63) is 18.0 Å². The first-order valence-electron chi connectivity index (χ1n) is 6.17. The number of pyridine rings is 1. The molecule has 2 heterocycles. The Bertz CT molecular complexity index is 381. The SMILES string of the molecule is CNC1CCCN(c2cc(C)ncc2OC)C1. The van der Waals surface area contributed by atoms with Crippen LogP contribution in [-0.2, 0) is 0 Å². The van der Waals surface area contributed by atoms with E-state index >= 15 is 0 Å². The van der Waals surface area contributed by atoms with E-state index in [1.807, 2.05) is 20.2 Å². The van der Waals surface area contributed by atoms with Gasteiger partial charge in [0.15, 0.2) is 5.75 Å². The van der Waals surface area contributed by atoms with Gasteiger partial charge in [0.25, 0.3) is 0 Å². The van der Waals surface area contributed by atoms with Crippen LogP contribution in [0.4, 0.5) is 5.69 Å². The Morgan fingerprint density at radius 3 is 3.06 bits per heavy atom. The van der Waals surface area contributed by atoms with E-state index in [0.717, 1.165) is 24.5 Å². The fourth-order valence-corrected chi connectivity index (χ4v) is 2.37. The normalized spacial score (nSPS) is 20.4. The van der Waals surface area contributed by atoms with Crippen LogP contribution in [0, 0.1) is 6.92 Å². The highest BCUT2D eigenvalue weighted by Gasteiger charge is 2.21. The number of piperidine rings is 1. The lowest BCUT2D eigenvalue weighted by Crippen LogP contribution is -2.44. The van der Waals surface area contributed by atoms with Crippen molar-refractivity contribution in [2.75, 3.05) is 32.1 Å². The van der Waals surface area contributed by atoms with Gasteiger partial charge in [-0.05, 0) is 32.9 Å². The Labute approximate surface area is 103 Å². The topological polar surface area (TPSA) is 37.4 Å². The molecule has 1 aromatic heterocycles. The van der Waals surface area contributed by atoms with Crippen molar-refractivity contribution in [1.29, 1.82) is 0 Å². The molecule has 1 aliphatic rings. The molecule has 1 aromatic rings. The van der Waals surface area contributed by atoms with Crippen molar-refractivity contribution in [1.82, 2.24) is 10.3 Å². The number of nitrogens with one attached hydrogen (secondary N) is 1. The van der Waals surface area contributed by atoms with Crippen LogP contribution < -0.4 is 15.0 Å². The van der Waals surface area contributed by atoms with Crippen LogP contribution in [0.15, 0.2) is 12.3 Å². The smallest absolute Gasteiger partial charge is 0.160 e. The van der Waals surface area contributed by atoms with Crippen molar-refractivity contribution < 1.29 is 4.74 Å². The van der Waals surface area contributed by atoms with E-state index in [1.165, 1.54) is 18.5 Å². The lowest BCUT2D eigenvalue weighted by atomic mass is 10.1. The number of anilines is 1. The standard InChI is InChI=1S/C13H21N3O/c1-10-7-12(13(17-3)8-15-10)16-6-4-5-11(9-16)14-2/h7-8,11,14H,4-6,9H2,1-3H3. The van der Waals surface area contributed by atoms with E-state index in [1.54, 1.807) is 7.11 Å². The molecule has 2 rings (SSSR count). The summed E-state index contributed by atoms with van der Waals surface area (Å²) in [7, 11) is 3.73. The average Bonchev–Trinajstić information content (AvgIpc) is 2.39. The molecule has 1 saturated heterocycles. The number of hydrogen-bond acceptors (Lipinski definition) is 4. The van der Waals surface area contributed by atoms with Gasteiger partial charge in [-0.1, -0.05) is 0 Å². The third-order valence-electron chi connectivity index (χ3n) is 3.37. The summed E-state index contributed by atoms with van der Waals surface area (Å²) in [6.07, 6.45) is 4.28. The fourth-order valence-electron chi connectivity index (χ4n) is 2.37. The lowest BCUT2D eigenvalue weighted by Gasteiger charge is -2.35. The third-order valence-corrected chi connectivity index (χ3v) is 3.37. The van der Waals surface area contributed by atoms with Crippen molar-refractivity contribution in [2.24, 2.45) is 0 Å². The molecule has 4 heteroatoms. The van der Waals surface area contributed by atoms with E-state index in [9.17, 15) is 0 Å². The zero-order valence-corrected chi connectivity index (χ0v) is 10.9. The maximum Gasteiger partial charge on any atom is 0.160 e.